The van der Waals surface area contributed by atoms with Crippen LogP contribution in [0.15, 0.2) is 60.7 Å². The smallest absolute Gasteiger partial charge is 0.0612 e. The minimum absolute atomic E-state index is 0.0980. The molecule has 3 rings (SSSR count). The Labute approximate surface area is 114 Å². The fourth-order valence-electron chi connectivity index (χ4n) is 2.97. The van der Waals surface area contributed by atoms with Gasteiger partial charge in [0, 0.05) is 5.92 Å². The number of rotatable bonds is 2. The second-order valence-electron chi connectivity index (χ2n) is 4.99. The molecule has 1 heteroatoms. The number of benzene rings is 2. The summed E-state index contributed by atoms with van der Waals surface area (Å²) in [5, 5.41) is 9.08. The summed E-state index contributed by atoms with van der Waals surface area (Å²) in [5.41, 5.74) is 5.59. The van der Waals surface area contributed by atoms with E-state index in [4.69, 9.17) is 5.11 Å². The zero-order chi connectivity index (χ0) is 13.1. The number of hydrogen-bond donors (Lipinski definition) is 1. The molecule has 19 heavy (non-hydrogen) atoms. The lowest BCUT2D eigenvalue weighted by molar-refractivity contribution is 0.342. The molecule has 0 amide bonds. The van der Waals surface area contributed by atoms with E-state index in [1.54, 1.807) is 0 Å². The van der Waals surface area contributed by atoms with E-state index >= 15 is 0 Å². The van der Waals surface area contributed by atoms with E-state index in [9.17, 15) is 0 Å². The molecule has 2 aromatic carbocycles. The van der Waals surface area contributed by atoms with Crippen LogP contribution in [0.2, 0.25) is 0 Å². The fraction of sp³-hybridized carbons (Fsp3) is 0.222. The Kier molecular flexibility index (Phi) is 3.47. The molecule has 0 aliphatic heterocycles. The first kappa shape index (κ1) is 12.2. The number of aliphatic hydroxyl groups excluding tert-OH is 1. The van der Waals surface area contributed by atoms with Crippen LogP contribution in [0.4, 0.5) is 0 Å². The summed E-state index contributed by atoms with van der Waals surface area (Å²) in [6, 6.07) is 17.3. The van der Waals surface area contributed by atoms with Gasteiger partial charge in [0.2, 0.25) is 0 Å². The van der Waals surface area contributed by atoms with Crippen LogP contribution < -0.4 is 0 Å². The molecule has 0 unspecified atom stereocenters. The Bertz CT molecular complexity index is 551. The van der Waals surface area contributed by atoms with E-state index in [1.165, 1.54) is 22.3 Å². The summed E-state index contributed by atoms with van der Waals surface area (Å²) in [7, 11) is 0. The van der Waals surface area contributed by atoms with Gasteiger partial charge in [-0.1, -0.05) is 60.7 Å². The standard InChI is InChI=1S/C18H18O/c19-13-5-10-18-16-8-3-1-6-14(16)11-12-15-7-2-4-9-17(15)18/h1-10,18-19H,11-13H2/b10-5+. The predicted octanol–water partition coefficient (Wildman–Crippen LogP) is 3.47. The van der Waals surface area contributed by atoms with Crippen molar-refractivity contribution in [2.24, 2.45) is 0 Å². The predicted molar refractivity (Wildman–Crippen MR) is 78.4 cm³/mol. The molecule has 0 radical (unpaired) electrons. The van der Waals surface area contributed by atoms with Gasteiger partial charge in [0.15, 0.2) is 0 Å². The SMILES string of the molecule is OC/C=C/C1c2ccccc2CCc2ccccc21. The Morgan fingerprint density at radius 2 is 1.42 bits per heavy atom. The second kappa shape index (κ2) is 5.41. The maximum Gasteiger partial charge on any atom is 0.0612 e. The van der Waals surface area contributed by atoms with E-state index in [-0.39, 0.29) is 12.5 Å². The molecule has 0 saturated heterocycles. The van der Waals surface area contributed by atoms with Crippen molar-refractivity contribution in [3.05, 3.63) is 82.9 Å². The molecular formula is C18H18O. The zero-order valence-electron chi connectivity index (χ0n) is 10.9. The van der Waals surface area contributed by atoms with Crippen LogP contribution in [0, 0.1) is 0 Å². The van der Waals surface area contributed by atoms with Crippen molar-refractivity contribution >= 4 is 0 Å². The van der Waals surface area contributed by atoms with Crippen molar-refractivity contribution in [2.45, 2.75) is 18.8 Å². The molecule has 2 aromatic rings. The number of aryl methyl sites for hydroxylation is 2. The van der Waals surface area contributed by atoms with E-state index in [0.717, 1.165) is 12.8 Å². The first-order valence-corrected chi connectivity index (χ1v) is 6.83. The quantitative estimate of drug-likeness (QED) is 0.809. The average Bonchev–Trinajstić information content (AvgIpc) is 2.62. The van der Waals surface area contributed by atoms with Crippen molar-refractivity contribution in [3.63, 3.8) is 0 Å². The molecule has 96 valence electrons. The van der Waals surface area contributed by atoms with Crippen LogP contribution >= 0.6 is 0 Å². The number of fused-ring (bicyclic) bond motifs is 2. The van der Waals surface area contributed by atoms with Crippen LogP contribution in [-0.2, 0) is 12.8 Å². The summed E-state index contributed by atoms with van der Waals surface area (Å²) >= 11 is 0. The van der Waals surface area contributed by atoms with Gasteiger partial charge in [-0.2, -0.15) is 0 Å². The first-order valence-electron chi connectivity index (χ1n) is 6.83. The topological polar surface area (TPSA) is 20.2 Å². The average molecular weight is 250 g/mol. The molecule has 0 fully saturated rings. The molecule has 0 heterocycles. The van der Waals surface area contributed by atoms with Crippen LogP contribution in [0.1, 0.15) is 28.2 Å². The van der Waals surface area contributed by atoms with Gasteiger partial charge in [0.05, 0.1) is 6.61 Å². The second-order valence-corrected chi connectivity index (χ2v) is 4.99. The Morgan fingerprint density at radius 1 is 0.895 bits per heavy atom. The van der Waals surface area contributed by atoms with Gasteiger partial charge in [-0.25, -0.2) is 0 Å². The number of hydrogen-bond acceptors (Lipinski definition) is 1. The third-order valence-corrected chi connectivity index (χ3v) is 3.88. The summed E-state index contributed by atoms with van der Waals surface area (Å²) in [5.74, 6) is 0.266. The molecule has 1 aliphatic rings. The third kappa shape index (κ3) is 2.34. The lowest BCUT2D eigenvalue weighted by Gasteiger charge is -2.16. The molecule has 1 aliphatic carbocycles. The summed E-state index contributed by atoms with van der Waals surface area (Å²) in [6.07, 6.45) is 6.17. The van der Waals surface area contributed by atoms with Crippen LogP contribution in [-0.4, -0.2) is 11.7 Å². The van der Waals surface area contributed by atoms with Crippen LogP contribution in [0.3, 0.4) is 0 Å². The highest BCUT2D eigenvalue weighted by Crippen LogP contribution is 2.34. The summed E-state index contributed by atoms with van der Waals surface area (Å²) < 4.78 is 0. The van der Waals surface area contributed by atoms with E-state index in [1.807, 2.05) is 6.08 Å². The molecule has 0 spiro atoms. The van der Waals surface area contributed by atoms with Crippen LogP contribution in [0.25, 0.3) is 0 Å². The van der Waals surface area contributed by atoms with Crippen molar-refractivity contribution in [3.8, 4) is 0 Å². The summed E-state index contributed by atoms with van der Waals surface area (Å²) in [4.78, 5) is 0. The van der Waals surface area contributed by atoms with Gasteiger partial charge in [-0.15, -0.1) is 0 Å². The van der Waals surface area contributed by atoms with Gasteiger partial charge in [-0.05, 0) is 35.1 Å². The number of allylic oxidation sites excluding steroid dienone is 1. The van der Waals surface area contributed by atoms with Gasteiger partial charge in [0.1, 0.15) is 0 Å². The molecule has 0 aromatic heterocycles. The molecular weight excluding hydrogens is 232 g/mol. The molecule has 1 nitrogen and oxygen atoms in total. The van der Waals surface area contributed by atoms with Gasteiger partial charge in [-0.3, -0.25) is 0 Å². The number of aliphatic hydroxyl groups is 1. The van der Waals surface area contributed by atoms with Crippen molar-refractivity contribution in [2.75, 3.05) is 6.61 Å². The highest BCUT2D eigenvalue weighted by atomic mass is 16.2. The minimum Gasteiger partial charge on any atom is -0.392 e. The summed E-state index contributed by atoms with van der Waals surface area (Å²) in [6.45, 7) is 0.0980. The highest BCUT2D eigenvalue weighted by molar-refractivity contribution is 5.47. The molecule has 0 bridgehead atoms. The van der Waals surface area contributed by atoms with Gasteiger partial charge >= 0.3 is 0 Å². The lowest BCUT2D eigenvalue weighted by atomic mass is 9.88. The third-order valence-electron chi connectivity index (χ3n) is 3.88. The Hall–Kier alpha value is -1.86. The van der Waals surface area contributed by atoms with E-state index in [0.29, 0.717) is 0 Å². The first-order chi connectivity index (χ1) is 9.40. The Balaban J connectivity index is 2.16. The van der Waals surface area contributed by atoms with Gasteiger partial charge in [0.25, 0.3) is 0 Å². The molecule has 1 N–H and O–H groups in total. The lowest BCUT2D eigenvalue weighted by Crippen LogP contribution is -2.01. The van der Waals surface area contributed by atoms with Gasteiger partial charge < -0.3 is 5.11 Å². The normalized spacial score (nSPS) is 15.0. The van der Waals surface area contributed by atoms with E-state index < -0.39 is 0 Å². The van der Waals surface area contributed by atoms with Crippen molar-refractivity contribution < 1.29 is 5.11 Å². The monoisotopic (exact) mass is 250 g/mol. The van der Waals surface area contributed by atoms with E-state index in [2.05, 4.69) is 54.6 Å². The largest absolute Gasteiger partial charge is 0.392 e. The molecule has 0 saturated carbocycles. The van der Waals surface area contributed by atoms with Crippen LogP contribution in [0.5, 0.6) is 0 Å². The highest BCUT2D eigenvalue weighted by Gasteiger charge is 2.20. The maximum absolute atomic E-state index is 9.08. The zero-order valence-corrected chi connectivity index (χ0v) is 10.9. The maximum atomic E-state index is 9.08. The molecule has 0 atom stereocenters. The van der Waals surface area contributed by atoms with Crippen molar-refractivity contribution in [1.29, 1.82) is 0 Å². The van der Waals surface area contributed by atoms with Crippen molar-refractivity contribution in [1.82, 2.24) is 0 Å². The fourth-order valence-corrected chi connectivity index (χ4v) is 2.97. The Morgan fingerprint density at radius 3 is 1.95 bits per heavy atom. The minimum atomic E-state index is 0.0980.